The summed E-state index contributed by atoms with van der Waals surface area (Å²) in [6.07, 6.45) is 77.0. The first-order valence-corrected chi connectivity index (χ1v) is 26.8. The first-order valence-electron chi connectivity index (χ1n) is 26.8. The molecule has 0 nitrogen and oxygen atoms in total. The average Bonchev–Trinajstić information content (AvgIpc) is 4.02. The van der Waals surface area contributed by atoms with Crippen molar-refractivity contribution in [3.8, 4) is 0 Å². The summed E-state index contributed by atoms with van der Waals surface area (Å²) in [5.74, 6) is 3.90. The minimum atomic E-state index is -0.163. The zero-order chi connectivity index (χ0) is 44.3. The fraction of sp³-hybridized carbons (Fsp3) is 0.324. The van der Waals surface area contributed by atoms with Gasteiger partial charge in [0.25, 0.3) is 0 Å². The van der Waals surface area contributed by atoms with Crippen LogP contribution < -0.4 is 0 Å². The molecule has 2 aromatic rings. The van der Waals surface area contributed by atoms with E-state index in [0.717, 1.165) is 51.4 Å². The van der Waals surface area contributed by atoms with Gasteiger partial charge in [-0.1, -0.05) is 170 Å². The van der Waals surface area contributed by atoms with E-state index in [4.69, 9.17) is 0 Å². The Morgan fingerprint density at radius 1 is 0.544 bits per heavy atom. The Labute approximate surface area is 403 Å². The largest absolute Gasteiger partial charge is 0.0839 e. The van der Waals surface area contributed by atoms with E-state index in [1.165, 1.54) is 42.2 Å². The summed E-state index contributed by atoms with van der Waals surface area (Å²) in [7, 11) is 0. The predicted molar refractivity (Wildman–Crippen MR) is 282 cm³/mol. The van der Waals surface area contributed by atoms with Gasteiger partial charge in [-0.15, -0.1) is 0 Å². The normalized spacial score (nSPS) is 36.5. The highest BCUT2D eigenvalue weighted by Crippen LogP contribution is 2.72. The number of benzene rings is 2. The van der Waals surface area contributed by atoms with Crippen LogP contribution in [0.1, 0.15) is 92.0 Å². The second-order valence-corrected chi connectivity index (χ2v) is 22.6. The molecule has 14 aliphatic carbocycles. The summed E-state index contributed by atoms with van der Waals surface area (Å²) in [6.45, 7) is 0. The number of hydrogen-bond donors (Lipinski definition) is 0. The van der Waals surface area contributed by atoms with Crippen molar-refractivity contribution in [3.63, 3.8) is 0 Å². The first kappa shape index (κ1) is 38.9. The lowest BCUT2D eigenvalue weighted by Crippen LogP contribution is -2.46. The van der Waals surface area contributed by atoms with Gasteiger partial charge in [0, 0.05) is 23.7 Å². The van der Waals surface area contributed by atoms with Crippen LogP contribution in [0.5, 0.6) is 0 Å². The first-order chi connectivity index (χ1) is 33.7. The lowest BCUT2D eigenvalue weighted by Gasteiger charge is -2.51. The molecule has 1 spiro atoms. The number of fused-ring (bicyclic) bond motifs is 13. The summed E-state index contributed by atoms with van der Waals surface area (Å²) in [4.78, 5) is 0. The fourth-order valence-electron chi connectivity index (χ4n) is 18.0. The molecule has 0 aliphatic heterocycles. The Kier molecular flexibility index (Phi) is 8.18. The molecule has 16 rings (SSSR count). The Hall–Kier alpha value is -5.98. The van der Waals surface area contributed by atoms with Gasteiger partial charge < -0.3 is 0 Å². The van der Waals surface area contributed by atoms with Crippen LogP contribution in [0.25, 0.3) is 22.4 Å². The molecule has 9 atom stereocenters. The summed E-state index contributed by atoms with van der Waals surface area (Å²) >= 11 is 0. The molecule has 0 amide bonds. The van der Waals surface area contributed by atoms with Crippen molar-refractivity contribution in [2.75, 3.05) is 0 Å². The van der Waals surface area contributed by atoms with Crippen LogP contribution in [-0.2, 0) is 18.3 Å². The van der Waals surface area contributed by atoms with Gasteiger partial charge in [0.1, 0.15) is 0 Å². The number of hydrogen-bond acceptors (Lipinski definition) is 0. The molecule has 0 heterocycles. The Bertz CT molecular complexity index is 3260. The van der Waals surface area contributed by atoms with Crippen molar-refractivity contribution >= 4 is 22.4 Å². The summed E-state index contributed by atoms with van der Waals surface area (Å²) in [5, 5.41) is 3.05. The highest BCUT2D eigenvalue weighted by atomic mass is 14.7. The molecule has 0 bridgehead atoms. The average molecular weight is 877 g/mol. The minimum Gasteiger partial charge on any atom is -0.0839 e. The summed E-state index contributed by atoms with van der Waals surface area (Å²) < 4.78 is 0. The van der Waals surface area contributed by atoms with Gasteiger partial charge in [-0.25, -0.2) is 0 Å². The van der Waals surface area contributed by atoms with Crippen LogP contribution in [0.4, 0.5) is 0 Å². The smallest absolute Gasteiger partial charge is 0.0679 e. The quantitative estimate of drug-likeness (QED) is 0.287. The molecule has 0 saturated heterocycles. The zero-order valence-electron chi connectivity index (χ0n) is 39.3. The van der Waals surface area contributed by atoms with E-state index in [1.807, 2.05) is 0 Å². The molecule has 2 saturated carbocycles. The van der Waals surface area contributed by atoms with E-state index in [-0.39, 0.29) is 10.8 Å². The van der Waals surface area contributed by atoms with E-state index >= 15 is 0 Å². The van der Waals surface area contributed by atoms with E-state index in [9.17, 15) is 0 Å². The highest BCUT2D eigenvalue weighted by molar-refractivity contribution is 6.13. The van der Waals surface area contributed by atoms with Crippen LogP contribution in [-0.4, -0.2) is 0 Å². The SMILES string of the molecule is C1=CCC(C2(C3C=CC(C4C=CC=C(C5=CC=C6C(C5)C5=CCCC=C5C65C6=CCCc7c8c(c9cccc5c9c76)C=CCC8)C4)=CC3)C3CC=CC4=C3C3=C(C=CCC32)C2C=CC=CC42)C=C1. The lowest BCUT2D eigenvalue weighted by atomic mass is 9.52. The molecule has 0 N–H and O–H groups in total. The van der Waals surface area contributed by atoms with Gasteiger partial charge in [0.05, 0.1) is 5.41 Å². The molecule has 0 radical (unpaired) electrons. The summed E-state index contributed by atoms with van der Waals surface area (Å²) in [6, 6.07) is 7.35. The van der Waals surface area contributed by atoms with E-state index < -0.39 is 0 Å². The van der Waals surface area contributed by atoms with Crippen LogP contribution in [0.15, 0.2) is 220 Å². The predicted octanol–water partition coefficient (Wildman–Crippen LogP) is 16.2. The second-order valence-electron chi connectivity index (χ2n) is 22.6. The maximum Gasteiger partial charge on any atom is 0.0679 e. The fourth-order valence-corrected chi connectivity index (χ4v) is 18.0. The molecule has 2 fully saturated rings. The van der Waals surface area contributed by atoms with Crippen molar-refractivity contribution in [3.05, 3.63) is 248 Å². The third kappa shape index (κ3) is 4.83. The third-order valence-electron chi connectivity index (χ3n) is 20.3. The summed E-state index contributed by atoms with van der Waals surface area (Å²) in [5.41, 5.74) is 25.9. The van der Waals surface area contributed by atoms with Gasteiger partial charge in [-0.05, 0) is 206 Å². The highest BCUT2D eigenvalue weighted by Gasteiger charge is 2.64. The van der Waals surface area contributed by atoms with Crippen molar-refractivity contribution < 1.29 is 0 Å². The molecule has 332 valence electrons. The van der Waals surface area contributed by atoms with Crippen LogP contribution in [0.3, 0.4) is 0 Å². The van der Waals surface area contributed by atoms with Crippen LogP contribution >= 0.6 is 0 Å². The van der Waals surface area contributed by atoms with Gasteiger partial charge >= 0.3 is 0 Å². The molecule has 0 heteroatoms. The van der Waals surface area contributed by atoms with Gasteiger partial charge in [0.2, 0.25) is 0 Å². The molecule has 68 heavy (non-hydrogen) atoms. The Morgan fingerprint density at radius 2 is 1.32 bits per heavy atom. The van der Waals surface area contributed by atoms with E-state index in [2.05, 4.69) is 170 Å². The molecule has 9 unspecified atom stereocenters. The molecular formula is C68H60. The molecule has 14 aliphatic rings. The number of rotatable bonds is 4. The standard InChI is InChI=1S/C68H60/c1-2-17-45(18-3-1)67(59-29-11-24-52-47-19-4-5-20-48(47)53-25-12-30-60(67)64(53)63(52)59)46-36-33-41(34-37-46)42-15-10-16-43(39-42)44-35-38-58-56(40-44)51-23-8-9-28-57(51)68(58)61-31-13-26-54-49-21-6-7-22-50(49)55-27-14-32-62(68)66(55)65(54)61/h1-6,10-13,15-17,19-21,23-26,28,31-36,38,42,45-48,56,59-60H,7-9,14,18,22,27,29-30,37,39-40H2. The second kappa shape index (κ2) is 14.3. The van der Waals surface area contributed by atoms with Crippen molar-refractivity contribution in [2.24, 2.45) is 52.8 Å². The van der Waals surface area contributed by atoms with Crippen molar-refractivity contribution in [1.29, 1.82) is 0 Å². The van der Waals surface area contributed by atoms with E-state index in [1.54, 1.807) is 83.4 Å². The minimum absolute atomic E-state index is 0.152. The monoisotopic (exact) mass is 876 g/mol. The number of allylic oxidation sites excluding steroid dienone is 35. The maximum absolute atomic E-state index is 2.74. The van der Waals surface area contributed by atoms with Crippen molar-refractivity contribution in [2.45, 2.75) is 82.5 Å². The zero-order valence-corrected chi connectivity index (χ0v) is 39.3. The van der Waals surface area contributed by atoms with Crippen LogP contribution in [0, 0.1) is 52.8 Å². The van der Waals surface area contributed by atoms with Gasteiger partial charge in [0.15, 0.2) is 0 Å². The Balaban J connectivity index is 0.735. The van der Waals surface area contributed by atoms with Crippen LogP contribution in [0.2, 0.25) is 0 Å². The lowest BCUT2D eigenvalue weighted by molar-refractivity contribution is 0.0349. The van der Waals surface area contributed by atoms with Crippen molar-refractivity contribution in [1.82, 2.24) is 0 Å². The van der Waals surface area contributed by atoms with Gasteiger partial charge in [-0.3, -0.25) is 0 Å². The third-order valence-corrected chi connectivity index (χ3v) is 20.3. The molecule has 2 aromatic carbocycles. The maximum atomic E-state index is 2.74. The topological polar surface area (TPSA) is 0 Å². The van der Waals surface area contributed by atoms with Gasteiger partial charge in [-0.2, -0.15) is 0 Å². The molecule has 0 aromatic heterocycles. The molecular weight excluding hydrogens is 817 g/mol. The Morgan fingerprint density at radius 3 is 2.13 bits per heavy atom. The van der Waals surface area contributed by atoms with E-state index in [0.29, 0.717) is 47.3 Å².